The largest absolute Gasteiger partial charge is 0.456 e. The molecule has 1 N–H and O–H groups in total. The number of aryl methyl sites for hydroxylation is 2. The van der Waals surface area contributed by atoms with Crippen LogP contribution in [0.1, 0.15) is 17.9 Å². The van der Waals surface area contributed by atoms with Crippen LogP contribution < -0.4 is 5.32 Å². The van der Waals surface area contributed by atoms with E-state index in [9.17, 15) is 18.4 Å². The van der Waals surface area contributed by atoms with Crippen LogP contribution in [0.4, 0.5) is 14.5 Å². The second-order valence-electron chi connectivity index (χ2n) is 6.39. The standard InChI is InChI=1S/C21H17BrF2N2O4/c1-12-9-13(5-6-14(12)22)26-18(27)11-29-20(28)8-7-19-25-10-17(30-19)21-15(23)3-2-4-16(21)24/h2-6,9-10H,7-8,11H2,1H3,(H,26,27). The topological polar surface area (TPSA) is 81.4 Å². The van der Waals surface area contributed by atoms with Crippen molar-refractivity contribution in [2.45, 2.75) is 19.8 Å². The number of oxazole rings is 1. The molecule has 0 atom stereocenters. The number of amides is 1. The zero-order valence-electron chi connectivity index (χ0n) is 15.9. The molecule has 0 aliphatic carbocycles. The van der Waals surface area contributed by atoms with E-state index < -0.39 is 30.1 Å². The van der Waals surface area contributed by atoms with Crippen molar-refractivity contribution >= 4 is 33.5 Å². The maximum absolute atomic E-state index is 13.8. The number of aromatic nitrogens is 1. The van der Waals surface area contributed by atoms with Gasteiger partial charge in [-0.15, -0.1) is 0 Å². The third-order valence-electron chi connectivity index (χ3n) is 4.11. The number of carbonyl (C=O) groups excluding carboxylic acids is 2. The SMILES string of the molecule is Cc1cc(NC(=O)COC(=O)CCc2ncc(-c3c(F)cccc3F)o2)ccc1Br. The Hall–Kier alpha value is -3.07. The molecule has 0 bridgehead atoms. The summed E-state index contributed by atoms with van der Waals surface area (Å²) in [6.45, 7) is 1.44. The molecule has 0 radical (unpaired) electrons. The van der Waals surface area contributed by atoms with Gasteiger partial charge in [0.05, 0.1) is 18.2 Å². The Kier molecular flexibility index (Phi) is 6.94. The number of hydrogen-bond acceptors (Lipinski definition) is 5. The Morgan fingerprint density at radius 1 is 1.20 bits per heavy atom. The van der Waals surface area contributed by atoms with Gasteiger partial charge in [-0.05, 0) is 42.8 Å². The number of nitrogens with zero attached hydrogens (tertiary/aromatic N) is 1. The van der Waals surface area contributed by atoms with Gasteiger partial charge >= 0.3 is 5.97 Å². The van der Waals surface area contributed by atoms with Crippen LogP contribution in [0.3, 0.4) is 0 Å². The normalized spacial score (nSPS) is 10.7. The van der Waals surface area contributed by atoms with Gasteiger partial charge in [-0.1, -0.05) is 22.0 Å². The van der Waals surface area contributed by atoms with Crippen LogP contribution in [0.2, 0.25) is 0 Å². The first-order chi connectivity index (χ1) is 14.3. The predicted octanol–water partition coefficient (Wildman–Crippen LogP) is 4.81. The van der Waals surface area contributed by atoms with Gasteiger partial charge in [0.2, 0.25) is 0 Å². The van der Waals surface area contributed by atoms with E-state index in [1.54, 1.807) is 18.2 Å². The van der Waals surface area contributed by atoms with Crippen LogP contribution in [0.15, 0.2) is 51.5 Å². The lowest BCUT2D eigenvalue weighted by Crippen LogP contribution is -2.21. The first-order valence-electron chi connectivity index (χ1n) is 8.94. The molecule has 3 rings (SSSR count). The number of rotatable bonds is 7. The van der Waals surface area contributed by atoms with E-state index >= 15 is 0 Å². The number of nitrogens with one attached hydrogen (secondary N) is 1. The summed E-state index contributed by atoms with van der Waals surface area (Å²) in [5, 5.41) is 2.63. The summed E-state index contributed by atoms with van der Waals surface area (Å²) in [5.41, 5.74) is 1.22. The highest BCUT2D eigenvalue weighted by Gasteiger charge is 2.17. The zero-order chi connectivity index (χ0) is 21.7. The molecule has 0 saturated carbocycles. The van der Waals surface area contributed by atoms with Gasteiger partial charge in [-0.3, -0.25) is 9.59 Å². The lowest BCUT2D eigenvalue weighted by molar-refractivity contribution is -0.147. The van der Waals surface area contributed by atoms with Crippen molar-refractivity contribution in [3.8, 4) is 11.3 Å². The number of anilines is 1. The lowest BCUT2D eigenvalue weighted by Gasteiger charge is -2.07. The van der Waals surface area contributed by atoms with E-state index in [1.165, 1.54) is 12.3 Å². The minimum Gasteiger partial charge on any atom is -0.456 e. The van der Waals surface area contributed by atoms with Crippen molar-refractivity contribution in [3.63, 3.8) is 0 Å². The first kappa shape index (κ1) is 21.6. The second kappa shape index (κ2) is 9.62. The molecule has 1 heterocycles. The summed E-state index contributed by atoms with van der Waals surface area (Å²) in [7, 11) is 0. The van der Waals surface area contributed by atoms with E-state index in [2.05, 4.69) is 26.2 Å². The second-order valence-corrected chi connectivity index (χ2v) is 7.24. The van der Waals surface area contributed by atoms with Gasteiger partial charge in [0.15, 0.2) is 18.3 Å². The molecule has 3 aromatic rings. The Morgan fingerprint density at radius 2 is 1.93 bits per heavy atom. The van der Waals surface area contributed by atoms with Crippen molar-refractivity contribution in [1.82, 2.24) is 4.98 Å². The molecule has 6 nitrogen and oxygen atoms in total. The number of hydrogen-bond donors (Lipinski definition) is 1. The third kappa shape index (κ3) is 5.50. The molecule has 0 fully saturated rings. The third-order valence-corrected chi connectivity index (χ3v) is 5.00. The molecular formula is C21H17BrF2N2O4. The summed E-state index contributed by atoms with van der Waals surface area (Å²) < 4.78 is 38.8. The van der Waals surface area contributed by atoms with Crippen LogP contribution in [0.5, 0.6) is 0 Å². The quantitative estimate of drug-likeness (QED) is 0.493. The molecule has 0 saturated heterocycles. The number of benzene rings is 2. The minimum atomic E-state index is -0.774. The van der Waals surface area contributed by atoms with Crippen LogP contribution in [-0.2, 0) is 20.7 Å². The van der Waals surface area contributed by atoms with Crippen LogP contribution in [0, 0.1) is 18.6 Å². The molecule has 0 aliphatic rings. The van der Waals surface area contributed by atoms with E-state index in [1.807, 2.05) is 6.92 Å². The zero-order valence-corrected chi connectivity index (χ0v) is 17.5. The summed E-state index contributed by atoms with van der Waals surface area (Å²) in [5.74, 6) is -2.60. The average molecular weight is 479 g/mol. The molecule has 0 aliphatic heterocycles. The monoisotopic (exact) mass is 478 g/mol. The highest BCUT2D eigenvalue weighted by Crippen LogP contribution is 2.26. The molecule has 156 valence electrons. The van der Waals surface area contributed by atoms with Crippen molar-refractivity contribution in [3.05, 3.63) is 70.2 Å². The number of esters is 1. The maximum atomic E-state index is 13.8. The number of halogens is 3. The van der Waals surface area contributed by atoms with Gasteiger partial charge < -0.3 is 14.5 Å². The Morgan fingerprint density at radius 3 is 2.63 bits per heavy atom. The minimum absolute atomic E-state index is 0.0580. The molecule has 9 heteroatoms. The summed E-state index contributed by atoms with van der Waals surface area (Å²) in [6.07, 6.45) is 1.14. The predicted molar refractivity (Wildman–Crippen MR) is 109 cm³/mol. The maximum Gasteiger partial charge on any atom is 0.306 e. The Balaban J connectivity index is 1.47. The first-order valence-corrected chi connectivity index (χ1v) is 9.73. The molecule has 30 heavy (non-hydrogen) atoms. The van der Waals surface area contributed by atoms with Crippen LogP contribution in [-0.4, -0.2) is 23.5 Å². The Bertz CT molecular complexity index is 1060. The van der Waals surface area contributed by atoms with Gasteiger partial charge in [0, 0.05) is 16.6 Å². The fourth-order valence-electron chi connectivity index (χ4n) is 2.62. The van der Waals surface area contributed by atoms with Crippen molar-refractivity contribution in [1.29, 1.82) is 0 Å². The van der Waals surface area contributed by atoms with Gasteiger partial charge in [0.1, 0.15) is 11.6 Å². The molecular weight excluding hydrogens is 462 g/mol. The van der Waals surface area contributed by atoms with Crippen molar-refractivity contribution < 1.29 is 27.5 Å². The molecule has 1 amide bonds. The summed E-state index contributed by atoms with van der Waals surface area (Å²) in [4.78, 5) is 27.7. The smallest absolute Gasteiger partial charge is 0.306 e. The molecule has 0 spiro atoms. The summed E-state index contributed by atoms with van der Waals surface area (Å²) in [6, 6.07) is 8.76. The fourth-order valence-corrected chi connectivity index (χ4v) is 2.87. The van der Waals surface area contributed by atoms with E-state index in [0.717, 1.165) is 22.2 Å². The van der Waals surface area contributed by atoms with Crippen LogP contribution >= 0.6 is 15.9 Å². The van der Waals surface area contributed by atoms with Crippen molar-refractivity contribution in [2.24, 2.45) is 0 Å². The van der Waals surface area contributed by atoms with E-state index in [4.69, 9.17) is 9.15 Å². The average Bonchev–Trinajstić information content (AvgIpc) is 3.16. The van der Waals surface area contributed by atoms with Crippen molar-refractivity contribution in [2.75, 3.05) is 11.9 Å². The lowest BCUT2D eigenvalue weighted by atomic mass is 10.1. The molecule has 0 unspecified atom stereocenters. The number of carbonyl (C=O) groups is 2. The summed E-state index contributed by atoms with van der Waals surface area (Å²) >= 11 is 3.37. The fraction of sp³-hybridized carbons (Fsp3) is 0.190. The van der Waals surface area contributed by atoms with Gasteiger partial charge in [0.25, 0.3) is 5.91 Å². The van der Waals surface area contributed by atoms with E-state index in [0.29, 0.717) is 5.69 Å². The molecule has 2 aromatic carbocycles. The van der Waals surface area contributed by atoms with Crippen LogP contribution in [0.25, 0.3) is 11.3 Å². The van der Waals surface area contributed by atoms with E-state index in [-0.39, 0.29) is 30.1 Å². The highest BCUT2D eigenvalue weighted by molar-refractivity contribution is 9.10. The van der Waals surface area contributed by atoms with Gasteiger partial charge in [-0.2, -0.15) is 0 Å². The Labute approximate surface area is 179 Å². The number of ether oxygens (including phenoxy) is 1. The molecule has 1 aromatic heterocycles. The van der Waals surface area contributed by atoms with Gasteiger partial charge in [-0.25, -0.2) is 13.8 Å². The highest BCUT2D eigenvalue weighted by atomic mass is 79.9.